The predicted molar refractivity (Wildman–Crippen MR) is 138 cm³/mol. The fraction of sp³-hybridized carbons (Fsp3) is 0.444. The number of hydrogen-bond acceptors (Lipinski definition) is 6. The highest BCUT2D eigenvalue weighted by Crippen LogP contribution is 2.36. The Hall–Kier alpha value is -2.77. The van der Waals surface area contributed by atoms with Crippen LogP contribution in [0.1, 0.15) is 61.9 Å². The van der Waals surface area contributed by atoms with Crippen molar-refractivity contribution in [1.82, 2.24) is 0 Å². The molecule has 6 nitrogen and oxygen atoms in total. The molecule has 7 heteroatoms. The minimum atomic E-state index is -0.884. The van der Waals surface area contributed by atoms with E-state index in [2.05, 4.69) is 37.1 Å². The van der Waals surface area contributed by atoms with Crippen molar-refractivity contribution < 1.29 is 14.1 Å². The van der Waals surface area contributed by atoms with Crippen LogP contribution in [0.3, 0.4) is 0 Å². The zero-order chi connectivity index (χ0) is 24.2. The van der Waals surface area contributed by atoms with Crippen LogP contribution in [0, 0.1) is 19.3 Å². The third kappa shape index (κ3) is 4.01. The number of nitrogens with zero attached hydrogens (tertiary/aromatic N) is 1. The van der Waals surface area contributed by atoms with Gasteiger partial charge in [-0.3, -0.25) is 4.79 Å². The molecule has 2 aliphatic heterocycles. The fourth-order valence-corrected chi connectivity index (χ4v) is 5.19. The summed E-state index contributed by atoms with van der Waals surface area (Å²) < 4.78 is 12.0. The zero-order valence-electron chi connectivity index (χ0n) is 20.7. The Kier molecular flexibility index (Phi) is 5.73. The molecule has 0 radical (unpaired) electrons. The third-order valence-electron chi connectivity index (χ3n) is 7.47. The predicted octanol–water partition coefficient (Wildman–Crippen LogP) is 4.43. The summed E-state index contributed by atoms with van der Waals surface area (Å²) in [5, 5.41) is 14.3. The topological polar surface area (TPSA) is 74.9 Å². The van der Waals surface area contributed by atoms with Gasteiger partial charge in [-0.1, -0.05) is 32.0 Å². The van der Waals surface area contributed by atoms with Crippen LogP contribution in [0.5, 0.6) is 0 Å². The van der Waals surface area contributed by atoms with Crippen LogP contribution in [-0.2, 0) is 11.3 Å². The van der Waals surface area contributed by atoms with Gasteiger partial charge in [0.1, 0.15) is 5.58 Å². The maximum atomic E-state index is 13.4. The highest BCUT2D eigenvalue weighted by atomic mass is 16.5. The molecule has 0 aliphatic carbocycles. The summed E-state index contributed by atoms with van der Waals surface area (Å²) >= 11 is 0. The summed E-state index contributed by atoms with van der Waals surface area (Å²) in [5.41, 5.74) is 6.32. The molecular formula is C27H33BN2O4. The van der Waals surface area contributed by atoms with Crippen molar-refractivity contribution in [3.63, 3.8) is 0 Å². The molecule has 5 rings (SSSR count). The summed E-state index contributed by atoms with van der Waals surface area (Å²) in [6.45, 7) is 12.7. The Bertz CT molecular complexity index is 1310. The second-order valence-corrected chi connectivity index (χ2v) is 10.6. The van der Waals surface area contributed by atoms with Gasteiger partial charge in [-0.2, -0.15) is 0 Å². The lowest BCUT2D eigenvalue weighted by atomic mass is 9.79. The van der Waals surface area contributed by atoms with Crippen LogP contribution in [0.25, 0.3) is 11.0 Å². The minimum Gasteiger partial charge on any atom is -0.440 e. The first-order valence-electron chi connectivity index (χ1n) is 12.2. The van der Waals surface area contributed by atoms with E-state index in [1.807, 2.05) is 38.1 Å². The van der Waals surface area contributed by atoms with Crippen molar-refractivity contribution in [3.05, 3.63) is 62.8 Å². The van der Waals surface area contributed by atoms with Crippen LogP contribution in [0.2, 0.25) is 0 Å². The number of anilines is 2. The fourth-order valence-electron chi connectivity index (χ4n) is 5.19. The first-order chi connectivity index (χ1) is 16.1. The maximum absolute atomic E-state index is 13.4. The molecule has 0 saturated carbocycles. The van der Waals surface area contributed by atoms with Gasteiger partial charge in [0.2, 0.25) is 5.88 Å². The van der Waals surface area contributed by atoms with Crippen LogP contribution in [0.15, 0.2) is 39.5 Å². The van der Waals surface area contributed by atoms with E-state index in [4.69, 9.17) is 9.07 Å². The number of nitrogens with one attached hydrogen (secondary N) is 1. The lowest BCUT2D eigenvalue weighted by Gasteiger charge is -2.37. The average molecular weight is 460 g/mol. The largest absolute Gasteiger partial charge is 0.491 e. The summed E-state index contributed by atoms with van der Waals surface area (Å²) in [4.78, 5) is 15.7. The van der Waals surface area contributed by atoms with Gasteiger partial charge in [-0.25, -0.2) is 0 Å². The number of rotatable bonds is 4. The van der Waals surface area contributed by atoms with E-state index in [0.29, 0.717) is 34.4 Å². The van der Waals surface area contributed by atoms with Crippen LogP contribution in [-0.4, -0.2) is 25.2 Å². The third-order valence-corrected chi connectivity index (χ3v) is 7.47. The number of fused-ring (bicyclic) bond motifs is 2. The second-order valence-electron chi connectivity index (χ2n) is 10.6. The molecule has 178 valence electrons. The molecule has 1 fully saturated rings. The Labute approximate surface area is 201 Å². The second kappa shape index (κ2) is 8.47. The van der Waals surface area contributed by atoms with Gasteiger partial charge < -0.3 is 24.3 Å². The van der Waals surface area contributed by atoms with Crippen molar-refractivity contribution >= 4 is 35.1 Å². The first kappa shape index (κ1) is 23.0. The van der Waals surface area contributed by atoms with Gasteiger partial charge in [0.15, 0.2) is 5.43 Å². The van der Waals surface area contributed by atoms with Crippen LogP contribution in [0.4, 0.5) is 11.6 Å². The molecule has 2 aromatic carbocycles. The van der Waals surface area contributed by atoms with Gasteiger partial charge in [-0.15, -0.1) is 0 Å². The SMILES string of the molecule is Cc1cc(C(C)Nc2cccc3c2COB3O)c2oc(N3CCC(C)(C)CC3)c(C)c(=O)c2c1. The zero-order valence-corrected chi connectivity index (χ0v) is 20.7. The van der Waals surface area contributed by atoms with E-state index in [1.54, 1.807) is 0 Å². The van der Waals surface area contributed by atoms with Gasteiger partial charge in [0, 0.05) is 24.3 Å². The lowest BCUT2D eigenvalue weighted by Crippen LogP contribution is -2.38. The smallest absolute Gasteiger partial charge is 0.440 e. The van der Waals surface area contributed by atoms with E-state index in [-0.39, 0.29) is 11.5 Å². The summed E-state index contributed by atoms with van der Waals surface area (Å²) in [6, 6.07) is 9.70. The lowest BCUT2D eigenvalue weighted by molar-refractivity contribution is 0.274. The van der Waals surface area contributed by atoms with Crippen molar-refractivity contribution in [2.24, 2.45) is 5.41 Å². The summed E-state index contributed by atoms with van der Waals surface area (Å²) in [6.07, 6.45) is 2.14. The molecule has 1 atom stereocenters. The van der Waals surface area contributed by atoms with Crippen molar-refractivity contribution in [2.45, 2.75) is 60.1 Å². The van der Waals surface area contributed by atoms with Crippen molar-refractivity contribution in [2.75, 3.05) is 23.3 Å². The quantitative estimate of drug-likeness (QED) is 0.562. The van der Waals surface area contributed by atoms with Crippen molar-refractivity contribution in [1.29, 1.82) is 0 Å². The Morgan fingerprint density at radius 3 is 2.65 bits per heavy atom. The molecule has 1 saturated heterocycles. The van der Waals surface area contributed by atoms with Gasteiger partial charge in [-0.05, 0) is 67.8 Å². The average Bonchev–Trinajstić information content (AvgIpc) is 3.18. The van der Waals surface area contributed by atoms with E-state index in [1.165, 1.54) is 0 Å². The molecule has 0 spiro atoms. The summed E-state index contributed by atoms with van der Waals surface area (Å²) in [7, 11) is -0.884. The van der Waals surface area contributed by atoms with E-state index < -0.39 is 7.12 Å². The van der Waals surface area contributed by atoms with Gasteiger partial charge in [0.25, 0.3) is 0 Å². The van der Waals surface area contributed by atoms with E-state index >= 15 is 0 Å². The molecule has 1 aromatic heterocycles. The highest BCUT2D eigenvalue weighted by Gasteiger charge is 2.30. The molecule has 3 heterocycles. The Balaban J connectivity index is 1.56. The van der Waals surface area contributed by atoms with E-state index in [9.17, 15) is 9.82 Å². The first-order valence-corrected chi connectivity index (χ1v) is 12.2. The van der Waals surface area contributed by atoms with Crippen LogP contribution < -0.4 is 21.1 Å². The Morgan fingerprint density at radius 2 is 1.91 bits per heavy atom. The monoisotopic (exact) mass is 460 g/mol. The molecule has 1 unspecified atom stereocenters. The van der Waals surface area contributed by atoms with Crippen molar-refractivity contribution in [3.8, 4) is 0 Å². The number of hydrogen-bond donors (Lipinski definition) is 2. The molecule has 2 N–H and O–H groups in total. The Morgan fingerprint density at radius 1 is 1.18 bits per heavy atom. The molecule has 2 aliphatic rings. The molecule has 34 heavy (non-hydrogen) atoms. The molecule has 0 amide bonds. The van der Waals surface area contributed by atoms with Gasteiger partial charge >= 0.3 is 7.12 Å². The highest BCUT2D eigenvalue weighted by molar-refractivity contribution is 6.61. The molecule has 3 aromatic rings. The standard InChI is InChI=1S/C27H33BN2O4/c1-16-13-19(18(3)29-23-8-6-7-22-21(23)15-33-28(22)32)25-20(14-16)24(31)17(2)26(34-25)30-11-9-27(4,5)10-12-30/h6-8,13-14,18,29,32H,9-12,15H2,1-5H3. The maximum Gasteiger partial charge on any atom is 0.491 e. The molecule has 0 bridgehead atoms. The number of aryl methyl sites for hydroxylation is 1. The normalized spacial score (nSPS) is 18.3. The minimum absolute atomic E-state index is 0.0374. The van der Waals surface area contributed by atoms with Gasteiger partial charge in [0.05, 0.1) is 23.6 Å². The molecular weight excluding hydrogens is 427 g/mol. The summed E-state index contributed by atoms with van der Waals surface area (Å²) in [5.74, 6) is 0.697. The number of benzene rings is 2. The van der Waals surface area contributed by atoms with E-state index in [0.717, 1.165) is 53.8 Å². The van der Waals surface area contributed by atoms with Crippen LogP contribution >= 0.6 is 0 Å². The number of piperidine rings is 1.